The number of nitrogens with one attached hydrogen (secondary N) is 1. The van der Waals surface area contributed by atoms with Gasteiger partial charge >= 0.3 is 0 Å². The molecule has 0 saturated heterocycles. The van der Waals surface area contributed by atoms with E-state index in [1.54, 1.807) is 30.3 Å². The zero-order valence-corrected chi connectivity index (χ0v) is 15.2. The lowest BCUT2D eigenvalue weighted by molar-refractivity contribution is 0.102. The highest BCUT2D eigenvalue weighted by molar-refractivity contribution is 7.92. The Morgan fingerprint density at radius 1 is 1.04 bits per heavy atom. The summed E-state index contributed by atoms with van der Waals surface area (Å²) in [7, 11) is -2.28. The van der Waals surface area contributed by atoms with Crippen LogP contribution in [0.2, 0.25) is 0 Å². The topological polar surface area (TPSA) is 99.6 Å². The molecule has 0 atom stereocenters. The lowest BCUT2D eigenvalue weighted by Crippen LogP contribution is -2.26. The van der Waals surface area contributed by atoms with E-state index in [2.05, 4.69) is 10.3 Å². The predicted octanol–water partition coefficient (Wildman–Crippen LogP) is 2.86. The molecule has 0 aliphatic rings. The van der Waals surface area contributed by atoms with E-state index in [0.29, 0.717) is 5.69 Å². The number of anilines is 2. The fourth-order valence-corrected chi connectivity index (χ4v) is 3.59. The molecule has 0 aliphatic carbocycles. The number of aromatic hydroxyl groups is 1. The van der Waals surface area contributed by atoms with E-state index < -0.39 is 15.9 Å². The van der Waals surface area contributed by atoms with Gasteiger partial charge in [-0.2, -0.15) is 0 Å². The van der Waals surface area contributed by atoms with Gasteiger partial charge in [0.1, 0.15) is 0 Å². The zero-order valence-electron chi connectivity index (χ0n) is 14.4. The molecule has 138 valence electrons. The number of sulfonamides is 1. The number of rotatable bonds is 5. The Labute approximate surface area is 157 Å². The summed E-state index contributed by atoms with van der Waals surface area (Å²) in [5, 5.41) is 12.2. The maximum Gasteiger partial charge on any atom is 0.264 e. The molecule has 2 N–H and O–H groups in total. The van der Waals surface area contributed by atoms with Crippen LogP contribution in [0.4, 0.5) is 11.4 Å². The van der Waals surface area contributed by atoms with Gasteiger partial charge in [-0.3, -0.25) is 14.1 Å². The number of carbonyl (C=O) groups is 1. The minimum atomic E-state index is -3.75. The Kier molecular flexibility index (Phi) is 5.09. The molecular weight excluding hydrogens is 366 g/mol. The van der Waals surface area contributed by atoms with E-state index in [1.807, 2.05) is 0 Å². The maximum atomic E-state index is 12.7. The molecule has 0 bridgehead atoms. The van der Waals surface area contributed by atoms with Crippen LogP contribution in [0.5, 0.6) is 5.75 Å². The summed E-state index contributed by atoms with van der Waals surface area (Å²) >= 11 is 0. The van der Waals surface area contributed by atoms with Gasteiger partial charge in [0.15, 0.2) is 5.75 Å². The van der Waals surface area contributed by atoms with E-state index in [-0.39, 0.29) is 21.9 Å². The molecule has 3 aromatic rings. The molecule has 2 aromatic carbocycles. The molecule has 0 unspecified atom stereocenters. The van der Waals surface area contributed by atoms with Gasteiger partial charge in [0.2, 0.25) is 0 Å². The van der Waals surface area contributed by atoms with Crippen LogP contribution in [0.25, 0.3) is 0 Å². The number of carbonyl (C=O) groups excluding carboxylic acids is 1. The molecule has 7 nitrogen and oxygen atoms in total. The second-order valence-electron chi connectivity index (χ2n) is 5.68. The first kappa shape index (κ1) is 18.4. The Balaban J connectivity index is 1.80. The van der Waals surface area contributed by atoms with Gasteiger partial charge in [0.05, 0.1) is 22.5 Å². The molecule has 1 heterocycles. The van der Waals surface area contributed by atoms with E-state index >= 15 is 0 Å². The highest BCUT2D eigenvalue weighted by atomic mass is 32.2. The quantitative estimate of drug-likeness (QED) is 0.706. The summed E-state index contributed by atoms with van der Waals surface area (Å²) < 4.78 is 26.6. The number of para-hydroxylation sites is 1. The minimum absolute atomic E-state index is 0.0668. The van der Waals surface area contributed by atoms with Crippen molar-refractivity contribution in [1.82, 2.24) is 4.98 Å². The van der Waals surface area contributed by atoms with Crippen molar-refractivity contribution in [2.45, 2.75) is 4.90 Å². The molecule has 1 aromatic heterocycles. The molecule has 0 saturated carbocycles. The lowest BCUT2D eigenvalue weighted by Gasteiger charge is -2.19. The molecule has 27 heavy (non-hydrogen) atoms. The maximum absolute atomic E-state index is 12.7. The van der Waals surface area contributed by atoms with Gasteiger partial charge in [-0.05, 0) is 42.5 Å². The van der Waals surface area contributed by atoms with Crippen molar-refractivity contribution in [2.75, 3.05) is 16.7 Å². The first-order valence-electron chi connectivity index (χ1n) is 7.98. The minimum Gasteiger partial charge on any atom is -0.504 e. The van der Waals surface area contributed by atoms with Crippen LogP contribution in [0.1, 0.15) is 10.4 Å². The highest BCUT2D eigenvalue weighted by Crippen LogP contribution is 2.23. The number of nitrogens with zero attached hydrogens (tertiary/aromatic N) is 2. The van der Waals surface area contributed by atoms with Crippen molar-refractivity contribution in [1.29, 1.82) is 0 Å². The van der Waals surface area contributed by atoms with Crippen LogP contribution >= 0.6 is 0 Å². The molecule has 3 rings (SSSR count). The molecule has 1 amide bonds. The zero-order chi connectivity index (χ0) is 19.4. The number of hydrogen-bond acceptors (Lipinski definition) is 5. The number of amides is 1. The smallest absolute Gasteiger partial charge is 0.264 e. The second kappa shape index (κ2) is 7.46. The largest absolute Gasteiger partial charge is 0.504 e. The molecule has 0 fully saturated rings. The summed E-state index contributed by atoms with van der Waals surface area (Å²) in [4.78, 5) is 16.1. The number of hydrogen-bond donors (Lipinski definition) is 2. The van der Waals surface area contributed by atoms with Crippen LogP contribution in [-0.4, -0.2) is 31.5 Å². The van der Waals surface area contributed by atoms with Gasteiger partial charge in [-0.25, -0.2) is 8.42 Å². The summed E-state index contributed by atoms with van der Waals surface area (Å²) in [6, 6.07) is 15.7. The third kappa shape index (κ3) is 3.90. The number of pyridine rings is 1. The Morgan fingerprint density at radius 2 is 1.70 bits per heavy atom. The van der Waals surface area contributed by atoms with Crippen molar-refractivity contribution in [3.05, 3.63) is 78.6 Å². The third-order valence-electron chi connectivity index (χ3n) is 3.94. The first-order valence-corrected chi connectivity index (χ1v) is 9.42. The summed E-state index contributed by atoms with van der Waals surface area (Å²) in [6.07, 6.45) is 2.65. The molecule has 0 radical (unpaired) electrons. The van der Waals surface area contributed by atoms with Crippen molar-refractivity contribution in [3.63, 3.8) is 0 Å². The molecule has 0 spiro atoms. The summed E-state index contributed by atoms with van der Waals surface area (Å²) in [5.74, 6) is -0.633. The SMILES string of the molecule is CN(c1ccccc1)S(=O)(=O)c1ccc(C(=O)Nc2ccncc2O)cc1. The Hall–Kier alpha value is -3.39. The van der Waals surface area contributed by atoms with Crippen LogP contribution < -0.4 is 9.62 Å². The van der Waals surface area contributed by atoms with Gasteiger partial charge < -0.3 is 10.4 Å². The van der Waals surface area contributed by atoms with E-state index in [9.17, 15) is 18.3 Å². The number of benzene rings is 2. The van der Waals surface area contributed by atoms with Crippen LogP contribution in [0.15, 0.2) is 78.0 Å². The van der Waals surface area contributed by atoms with Crippen molar-refractivity contribution in [2.24, 2.45) is 0 Å². The average Bonchev–Trinajstić information content (AvgIpc) is 2.70. The van der Waals surface area contributed by atoms with Gasteiger partial charge in [-0.15, -0.1) is 0 Å². The lowest BCUT2D eigenvalue weighted by atomic mass is 10.2. The summed E-state index contributed by atoms with van der Waals surface area (Å²) in [6.45, 7) is 0. The van der Waals surface area contributed by atoms with Gasteiger partial charge in [0.25, 0.3) is 15.9 Å². The van der Waals surface area contributed by atoms with E-state index in [1.165, 1.54) is 54.1 Å². The third-order valence-corrected chi connectivity index (χ3v) is 5.74. The fourth-order valence-electron chi connectivity index (χ4n) is 2.40. The molecule has 0 aliphatic heterocycles. The first-order chi connectivity index (χ1) is 12.9. The number of aromatic nitrogens is 1. The van der Waals surface area contributed by atoms with Gasteiger partial charge in [-0.1, -0.05) is 18.2 Å². The fraction of sp³-hybridized carbons (Fsp3) is 0.0526. The van der Waals surface area contributed by atoms with Gasteiger partial charge in [0, 0.05) is 18.8 Å². The molecular formula is C19H17N3O4S. The Bertz CT molecular complexity index is 1050. The highest BCUT2D eigenvalue weighted by Gasteiger charge is 2.21. The summed E-state index contributed by atoms with van der Waals surface area (Å²) in [5.41, 5.74) is 1.01. The normalized spacial score (nSPS) is 11.0. The Morgan fingerprint density at radius 3 is 2.33 bits per heavy atom. The average molecular weight is 383 g/mol. The van der Waals surface area contributed by atoms with Crippen molar-refractivity contribution < 1.29 is 18.3 Å². The van der Waals surface area contributed by atoms with Crippen LogP contribution in [0, 0.1) is 0 Å². The van der Waals surface area contributed by atoms with Crippen molar-refractivity contribution in [3.8, 4) is 5.75 Å². The van der Waals surface area contributed by atoms with Crippen LogP contribution in [-0.2, 0) is 10.0 Å². The standard InChI is InChI=1S/C19H17N3O4S/c1-22(15-5-3-2-4-6-15)27(25,26)16-9-7-14(8-10-16)19(24)21-17-11-12-20-13-18(17)23/h2-13,23H,1H3,(H,20,21,24). The van der Waals surface area contributed by atoms with E-state index in [0.717, 1.165) is 0 Å². The van der Waals surface area contributed by atoms with E-state index in [4.69, 9.17) is 0 Å². The predicted molar refractivity (Wildman–Crippen MR) is 102 cm³/mol. The van der Waals surface area contributed by atoms with Crippen molar-refractivity contribution >= 4 is 27.3 Å². The molecule has 8 heteroatoms. The second-order valence-corrected chi connectivity index (χ2v) is 7.65. The van der Waals surface area contributed by atoms with Crippen LogP contribution in [0.3, 0.4) is 0 Å². The monoisotopic (exact) mass is 383 g/mol.